The lowest BCUT2D eigenvalue weighted by Crippen LogP contribution is -2.26. The topological polar surface area (TPSA) is 45.1 Å². The minimum Gasteiger partial charge on any atom is -0.506 e. The van der Waals surface area contributed by atoms with E-state index in [1.54, 1.807) is 6.07 Å². The van der Waals surface area contributed by atoms with Crippen molar-refractivity contribution in [3.63, 3.8) is 0 Å². The first kappa shape index (κ1) is 11.3. The molecule has 2 heterocycles. The van der Waals surface area contributed by atoms with Gasteiger partial charge in [0.1, 0.15) is 5.75 Å². The Kier molecular flexibility index (Phi) is 4.17. The molecule has 2 N–H and O–H groups in total. The van der Waals surface area contributed by atoms with Crippen molar-refractivity contribution >= 4 is 12.4 Å². The fourth-order valence-electron chi connectivity index (χ4n) is 1.76. The first-order valence-electron chi connectivity index (χ1n) is 4.72. The molecule has 14 heavy (non-hydrogen) atoms. The second kappa shape index (κ2) is 5.17. The Morgan fingerprint density at radius 1 is 1.29 bits per heavy atom. The molecule has 1 aromatic heterocycles. The van der Waals surface area contributed by atoms with Crippen LogP contribution in [0, 0.1) is 0 Å². The molecular weight excluding hydrogens is 200 g/mol. The summed E-state index contributed by atoms with van der Waals surface area (Å²) >= 11 is 0. The van der Waals surface area contributed by atoms with Gasteiger partial charge in [-0.15, -0.1) is 12.4 Å². The largest absolute Gasteiger partial charge is 0.506 e. The molecule has 1 aliphatic heterocycles. The van der Waals surface area contributed by atoms with Crippen LogP contribution in [0.25, 0.3) is 0 Å². The van der Waals surface area contributed by atoms with Crippen LogP contribution in [-0.4, -0.2) is 23.2 Å². The van der Waals surface area contributed by atoms with Gasteiger partial charge >= 0.3 is 0 Å². The Bertz CT molecular complexity index is 270. The van der Waals surface area contributed by atoms with Crippen LogP contribution >= 0.6 is 12.4 Å². The number of hydrogen-bond donors (Lipinski definition) is 2. The zero-order chi connectivity index (χ0) is 9.10. The maximum Gasteiger partial charge on any atom is 0.133 e. The van der Waals surface area contributed by atoms with E-state index in [4.69, 9.17) is 5.11 Å². The Morgan fingerprint density at radius 3 is 2.57 bits per heavy atom. The van der Waals surface area contributed by atoms with Crippen LogP contribution in [0.4, 0.5) is 0 Å². The molecule has 0 aliphatic carbocycles. The molecule has 0 radical (unpaired) electrons. The van der Waals surface area contributed by atoms with Crippen LogP contribution in [-0.2, 0) is 0 Å². The number of pyridine rings is 1. The average Bonchev–Trinajstić information content (AvgIpc) is 2.20. The molecule has 0 unspecified atom stereocenters. The summed E-state index contributed by atoms with van der Waals surface area (Å²) in [7, 11) is 0. The number of halogens is 1. The molecule has 1 aliphatic rings. The Morgan fingerprint density at radius 2 is 2.00 bits per heavy atom. The highest BCUT2D eigenvalue weighted by atomic mass is 35.5. The minimum absolute atomic E-state index is 0. The number of aromatic hydroxyl groups is 1. The van der Waals surface area contributed by atoms with E-state index < -0.39 is 0 Å². The van der Waals surface area contributed by atoms with Gasteiger partial charge < -0.3 is 10.4 Å². The summed E-state index contributed by atoms with van der Waals surface area (Å²) in [4.78, 5) is 4.22. The number of rotatable bonds is 1. The van der Waals surface area contributed by atoms with E-state index in [2.05, 4.69) is 10.3 Å². The van der Waals surface area contributed by atoms with Gasteiger partial charge in [0.25, 0.3) is 0 Å². The first-order valence-corrected chi connectivity index (χ1v) is 4.72. The van der Waals surface area contributed by atoms with Crippen molar-refractivity contribution in [1.29, 1.82) is 0 Å². The van der Waals surface area contributed by atoms with E-state index >= 15 is 0 Å². The van der Waals surface area contributed by atoms with Crippen LogP contribution < -0.4 is 5.32 Å². The van der Waals surface area contributed by atoms with Crippen molar-refractivity contribution < 1.29 is 5.11 Å². The van der Waals surface area contributed by atoms with Gasteiger partial charge in [-0.1, -0.05) is 0 Å². The smallest absolute Gasteiger partial charge is 0.133 e. The maximum atomic E-state index is 9.08. The molecule has 2 rings (SSSR count). The third-order valence-electron chi connectivity index (χ3n) is 2.53. The minimum atomic E-state index is 0. The average molecular weight is 215 g/mol. The third-order valence-corrected chi connectivity index (χ3v) is 2.53. The summed E-state index contributed by atoms with van der Waals surface area (Å²) in [5, 5.41) is 12.4. The maximum absolute atomic E-state index is 9.08. The van der Waals surface area contributed by atoms with E-state index in [0.29, 0.717) is 5.92 Å². The molecule has 1 fully saturated rings. The molecule has 1 saturated heterocycles. The van der Waals surface area contributed by atoms with Crippen LogP contribution in [0.3, 0.4) is 0 Å². The molecular formula is C10H15ClN2O. The van der Waals surface area contributed by atoms with Crippen molar-refractivity contribution in [2.75, 3.05) is 13.1 Å². The first-order chi connectivity index (χ1) is 6.36. The Hall–Kier alpha value is -0.800. The Balaban J connectivity index is 0.000000980. The zero-order valence-electron chi connectivity index (χ0n) is 7.94. The van der Waals surface area contributed by atoms with Gasteiger partial charge in [0, 0.05) is 11.6 Å². The quantitative estimate of drug-likeness (QED) is 0.748. The lowest BCUT2D eigenvalue weighted by Gasteiger charge is -2.21. The van der Waals surface area contributed by atoms with Gasteiger partial charge in [0.15, 0.2) is 0 Å². The van der Waals surface area contributed by atoms with Crippen LogP contribution in [0.2, 0.25) is 0 Å². The molecule has 0 amide bonds. The van der Waals surface area contributed by atoms with Gasteiger partial charge in [-0.2, -0.15) is 0 Å². The summed E-state index contributed by atoms with van der Waals surface area (Å²) in [6, 6.07) is 3.63. The van der Waals surface area contributed by atoms with Crippen molar-refractivity contribution in [3.8, 4) is 5.75 Å². The van der Waals surface area contributed by atoms with Gasteiger partial charge in [-0.05, 0) is 38.1 Å². The Labute approximate surface area is 90.0 Å². The highest BCUT2D eigenvalue weighted by Crippen LogP contribution is 2.23. The molecule has 1 aromatic rings. The summed E-state index contributed by atoms with van der Waals surface area (Å²) in [6.07, 6.45) is 3.83. The van der Waals surface area contributed by atoms with Crippen molar-refractivity contribution in [2.45, 2.75) is 18.8 Å². The number of nitrogens with zero attached hydrogens (tertiary/aromatic N) is 1. The molecule has 0 atom stereocenters. The lowest BCUT2D eigenvalue weighted by molar-refractivity contribution is 0.447. The molecule has 0 saturated carbocycles. The summed E-state index contributed by atoms with van der Waals surface area (Å²) in [5.41, 5.74) is 1.11. The predicted octanol–water partition coefficient (Wildman–Crippen LogP) is 1.68. The molecule has 0 aromatic carbocycles. The lowest BCUT2D eigenvalue weighted by atomic mass is 9.94. The SMILES string of the molecule is Cl.Oc1ccc(C2CCNCC2)nc1. The molecule has 0 bridgehead atoms. The second-order valence-corrected chi connectivity index (χ2v) is 3.47. The van der Waals surface area contributed by atoms with E-state index in [9.17, 15) is 0 Å². The molecule has 3 nitrogen and oxygen atoms in total. The zero-order valence-corrected chi connectivity index (χ0v) is 8.76. The highest BCUT2D eigenvalue weighted by Gasteiger charge is 2.15. The fourth-order valence-corrected chi connectivity index (χ4v) is 1.76. The van der Waals surface area contributed by atoms with Crippen molar-refractivity contribution in [1.82, 2.24) is 10.3 Å². The number of piperidine rings is 1. The third kappa shape index (κ3) is 2.59. The van der Waals surface area contributed by atoms with E-state index in [1.165, 1.54) is 6.20 Å². The monoisotopic (exact) mass is 214 g/mol. The predicted molar refractivity (Wildman–Crippen MR) is 58.0 cm³/mol. The number of hydrogen-bond acceptors (Lipinski definition) is 3. The van der Waals surface area contributed by atoms with E-state index in [0.717, 1.165) is 31.6 Å². The van der Waals surface area contributed by atoms with Gasteiger partial charge in [0.05, 0.1) is 6.20 Å². The normalized spacial score (nSPS) is 17.4. The summed E-state index contributed by atoms with van der Waals surface area (Å²) < 4.78 is 0. The second-order valence-electron chi connectivity index (χ2n) is 3.47. The van der Waals surface area contributed by atoms with Crippen molar-refractivity contribution in [3.05, 3.63) is 24.0 Å². The summed E-state index contributed by atoms with van der Waals surface area (Å²) in [5.74, 6) is 0.819. The standard InChI is InChI=1S/C10H14N2O.ClH/c13-9-1-2-10(12-7-9)8-3-5-11-6-4-8;/h1-2,7-8,11,13H,3-6H2;1H. The molecule has 78 valence electrons. The highest BCUT2D eigenvalue weighted by molar-refractivity contribution is 5.85. The summed E-state index contributed by atoms with van der Waals surface area (Å²) in [6.45, 7) is 2.15. The van der Waals surface area contributed by atoms with Crippen LogP contribution in [0.1, 0.15) is 24.5 Å². The molecule has 4 heteroatoms. The van der Waals surface area contributed by atoms with Crippen LogP contribution in [0.15, 0.2) is 18.3 Å². The number of nitrogens with one attached hydrogen (secondary N) is 1. The van der Waals surface area contributed by atoms with Crippen molar-refractivity contribution in [2.24, 2.45) is 0 Å². The van der Waals surface area contributed by atoms with Crippen LogP contribution in [0.5, 0.6) is 5.75 Å². The van der Waals surface area contributed by atoms with Gasteiger partial charge in [-0.3, -0.25) is 4.98 Å². The fraction of sp³-hybridized carbons (Fsp3) is 0.500. The van der Waals surface area contributed by atoms with Gasteiger partial charge in [0.2, 0.25) is 0 Å². The van der Waals surface area contributed by atoms with E-state index in [-0.39, 0.29) is 18.2 Å². The number of aromatic nitrogens is 1. The van der Waals surface area contributed by atoms with E-state index in [1.807, 2.05) is 6.07 Å². The molecule has 0 spiro atoms. The van der Waals surface area contributed by atoms with Gasteiger partial charge in [-0.25, -0.2) is 0 Å².